The molecule has 1 aliphatic carbocycles. The summed E-state index contributed by atoms with van der Waals surface area (Å²) in [7, 11) is 3.34. The van der Waals surface area contributed by atoms with Crippen LogP contribution in [-0.4, -0.2) is 49.0 Å². The fourth-order valence-electron chi connectivity index (χ4n) is 2.59. The summed E-state index contributed by atoms with van der Waals surface area (Å²) in [5.74, 6) is -0.101. The number of nitrogens with two attached hydrogens (primary N) is 1. The molecule has 1 saturated carbocycles. The van der Waals surface area contributed by atoms with Gasteiger partial charge in [0.15, 0.2) is 0 Å². The Kier molecular flexibility index (Phi) is 6.87. The van der Waals surface area contributed by atoms with Gasteiger partial charge in [-0.15, -0.1) is 0 Å². The van der Waals surface area contributed by atoms with E-state index in [0.29, 0.717) is 18.1 Å². The minimum Gasteiger partial charge on any atom is -0.392 e. The maximum atomic E-state index is 12.5. The van der Waals surface area contributed by atoms with Crippen molar-refractivity contribution < 1.29 is 9.59 Å². The molecule has 0 unspecified atom stereocenters. The molecule has 0 radical (unpaired) electrons. The predicted octanol–water partition coefficient (Wildman–Crippen LogP) is 1.00. The number of hydrogen-bond acceptors (Lipinski definition) is 3. The number of nitrogens with zero attached hydrogens (tertiary/aromatic N) is 1. The molecule has 0 spiro atoms. The lowest BCUT2D eigenvalue weighted by Crippen LogP contribution is -2.50. The molecule has 120 valence electrons. The fraction of sp³-hybridized carbons (Fsp3) is 0.786. The highest BCUT2D eigenvalue weighted by atomic mass is 32.1. The molecule has 1 fully saturated rings. The van der Waals surface area contributed by atoms with Gasteiger partial charge in [0.25, 0.3) is 0 Å². The average molecular weight is 314 g/mol. The number of carbonyl (C=O) groups is 2. The summed E-state index contributed by atoms with van der Waals surface area (Å²) in [6, 6.07) is -0.178. The Morgan fingerprint density at radius 2 is 1.62 bits per heavy atom. The molecule has 0 heterocycles. The second-order valence-corrected chi connectivity index (χ2v) is 6.18. The first kappa shape index (κ1) is 17.7. The van der Waals surface area contributed by atoms with Gasteiger partial charge in [-0.3, -0.25) is 4.79 Å². The highest BCUT2D eigenvalue weighted by Crippen LogP contribution is 2.35. The topological polar surface area (TPSA) is 87.5 Å². The van der Waals surface area contributed by atoms with E-state index in [-0.39, 0.29) is 11.9 Å². The highest BCUT2D eigenvalue weighted by molar-refractivity contribution is 7.80. The van der Waals surface area contributed by atoms with Crippen LogP contribution in [0.1, 0.15) is 38.5 Å². The Hall–Kier alpha value is -1.37. The Bertz CT molecular complexity index is 390. The maximum absolute atomic E-state index is 12.5. The quantitative estimate of drug-likeness (QED) is 0.401. The molecule has 1 aliphatic rings. The van der Waals surface area contributed by atoms with Crippen molar-refractivity contribution in [2.45, 2.75) is 38.5 Å². The molecule has 1 rings (SSSR count). The van der Waals surface area contributed by atoms with Crippen LogP contribution in [0.4, 0.5) is 4.79 Å². The molecule has 0 aromatic heterocycles. The minimum atomic E-state index is -0.711. The van der Waals surface area contributed by atoms with Crippen molar-refractivity contribution in [2.24, 2.45) is 11.1 Å². The van der Waals surface area contributed by atoms with Crippen LogP contribution in [0.3, 0.4) is 0 Å². The van der Waals surface area contributed by atoms with Crippen molar-refractivity contribution in [3.63, 3.8) is 0 Å². The molecule has 0 aromatic rings. The summed E-state index contributed by atoms with van der Waals surface area (Å²) in [6.07, 6.45) is 5.63. The SMILES string of the molecule is CN(C)C(=O)NCCNC(=O)C1(C(N)=S)CCCCCC1. The first-order valence-electron chi connectivity index (χ1n) is 7.43. The second kappa shape index (κ2) is 8.17. The third-order valence-corrected chi connectivity index (χ3v) is 4.35. The number of nitrogens with one attached hydrogen (secondary N) is 2. The highest BCUT2D eigenvalue weighted by Gasteiger charge is 2.41. The Morgan fingerprint density at radius 3 is 2.10 bits per heavy atom. The van der Waals surface area contributed by atoms with Crippen LogP contribution in [0.25, 0.3) is 0 Å². The van der Waals surface area contributed by atoms with E-state index < -0.39 is 5.41 Å². The van der Waals surface area contributed by atoms with E-state index in [0.717, 1.165) is 38.5 Å². The molecule has 3 amide bonds. The first-order valence-corrected chi connectivity index (χ1v) is 7.84. The lowest BCUT2D eigenvalue weighted by atomic mass is 9.79. The van der Waals surface area contributed by atoms with Gasteiger partial charge < -0.3 is 21.3 Å². The van der Waals surface area contributed by atoms with E-state index in [4.69, 9.17) is 18.0 Å². The van der Waals surface area contributed by atoms with E-state index in [1.165, 1.54) is 4.90 Å². The smallest absolute Gasteiger partial charge is 0.316 e. The number of amides is 3. The molecule has 0 aliphatic heterocycles. The molecule has 0 bridgehead atoms. The fourth-order valence-corrected chi connectivity index (χ4v) is 2.89. The normalized spacial score (nSPS) is 17.4. The molecule has 6 nitrogen and oxygen atoms in total. The number of hydrogen-bond donors (Lipinski definition) is 3. The minimum absolute atomic E-state index is 0.101. The number of thiocarbonyl (C=S) groups is 1. The molecule has 0 atom stereocenters. The number of urea groups is 1. The molecule has 0 saturated heterocycles. The van der Waals surface area contributed by atoms with Crippen LogP contribution in [-0.2, 0) is 4.79 Å². The van der Waals surface area contributed by atoms with Crippen molar-refractivity contribution in [3.05, 3.63) is 0 Å². The largest absolute Gasteiger partial charge is 0.392 e. The molecular weight excluding hydrogens is 288 g/mol. The van der Waals surface area contributed by atoms with E-state index >= 15 is 0 Å². The molecular formula is C14H26N4O2S. The van der Waals surface area contributed by atoms with Crippen molar-refractivity contribution in [1.82, 2.24) is 15.5 Å². The zero-order valence-electron chi connectivity index (χ0n) is 12.9. The summed E-state index contributed by atoms with van der Waals surface area (Å²) < 4.78 is 0. The third-order valence-electron chi connectivity index (χ3n) is 3.96. The van der Waals surface area contributed by atoms with Crippen LogP contribution in [0, 0.1) is 5.41 Å². The standard InChI is InChI=1S/C14H26N4O2S/c1-18(2)13(20)17-10-9-16-12(19)14(11(15)21)7-5-3-4-6-8-14/h3-10H2,1-2H3,(H2,15,21)(H,16,19)(H,17,20). The van der Waals surface area contributed by atoms with Crippen LogP contribution in [0.2, 0.25) is 0 Å². The Labute approximate surface area is 131 Å². The zero-order chi connectivity index (χ0) is 15.9. The molecule has 0 aromatic carbocycles. The van der Waals surface area contributed by atoms with Gasteiger partial charge in [-0.25, -0.2) is 4.79 Å². The summed E-state index contributed by atoms with van der Waals surface area (Å²) in [5, 5.41) is 5.56. The van der Waals surface area contributed by atoms with Gasteiger partial charge in [-0.05, 0) is 12.8 Å². The third kappa shape index (κ3) is 4.84. The van der Waals surface area contributed by atoms with Gasteiger partial charge in [0.2, 0.25) is 5.91 Å². The van der Waals surface area contributed by atoms with Crippen molar-refractivity contribution in [3.8, 4) is 0 Å². The van der Waals surface area contributed by atoms with Crippen LogP contribution < -0.4 is 16.4 Å². The van der Waals surface area contributed by atoms with Crippen molar-refractivity contribution >= 4 is 29.1 Å². The first-order chi connectivity index (χ1) is 9.90. The van der Waals surface area contributed by atoms with Crippen LogP contribution in [0.5, 0.6) is 0 Å². The molecule has 7 heteroatoms. The van der Waals surface area contributed by atoms with Gasteiger partial charge in [-0.1, -0.05) is 37.9 Å². The average Bonchev–Trinajstić information content (AvgIpc) is 2.69. The number of rotatable bonds is 5. The Morgan fingerprint density at radius 1 is 1.10 bits per heavy atom. The molecule has 4 N–H and O–H groups in total. The summed E-state index contributed by atoms with van der Waals surface area (Å²) in [5.41, 5.74) is 5.15. The van der Waals surface area contributed by atoms with Gasteiger partial charge in [0.1, 0.15) is 0 Å². The second-order valence-electron chi connectivity index (χ2n) is 5.74. The predicted molar refractivity (Wildman–Crippen MR) is 87.0 cm³/mol. The van der Waals surface area contributed by atoms with E-state index in [1.54, 1.807) is 14.1 Å². The van der Waals surface area contributed by atoms with Crippen molar-refractivity contribution in [2.75, 3.05) is 27.2 Å². The lowest BCUT2D eigenvalue weighted by Gasteiger charge is -2.30. The van der Waals surface area contributed by atoms with Gasteiger partial charge in [-0.2, -0.15) is 0 Å². The van der Waals surface area contributed by atoms with Gasteiger partial charge in [0.05, 0.1) is 10.4 Å². The van der Waals surface area contributed by atoms with E-state index in [2.05, 4.69) is 10.6 Å². The van der Waals surface area contributed by atoms with Crippen LogP contribution in [0.15, 0.2) is 0 Å². The number of carbonyl (C=O) groups excluding carboxylic acids is 2. The summed E-state index contributed by atoms with van der Waals surface area (Å²) in [6.45, 7) is 0.763. The summed E-state index contributed by atoms with van der Waals surface area (Å²) >= 11 is 5.16. The van der Waals surface area contributed by atoms with Crippen molar-refractivity contribution in [1.29, 1.82) is 0 Å². The van der Waals surface area contributed by atoms with Gasteiger partial charge >= 0.3 is 6.03 Å². The zero-order valence-corrected chi connectivity index (χ0v) is 13.7. The van der Waals surface area contributed by atoms with E-state index in [9.17, 15) is 9.59 Å². The Balaban J connectivity index is 2.50. The van der Waals surface area contributed by atoms with E-state index in [1.807, 2.05) is 0 Å². The van der Waals surface area contributed by atoms with Crippen LogP contribution >= 0.6 is 12.2 Å². The maximum Gasteiger partial charge on any atom is 0.316 e. The molecule has 21 heavy (non-hydrogen) atoms. The van der Waals surface area contributed by atoms with Gasteiger partial charge in [0, 0.05) is 27.2 Å². The monoisotopic (exact) mass is 314 g/mol. The summed E-state index contributed by atoms with van der Waals surface area (Å²) in [4.78, 5) is 25.6. The lowest BCUT2D eigenvalue weighted by molar-refractivity contribution is -0.128.